The Hall–Kier alpha value is -3.30. The first kappa shape index (κ1) is 16.8. The summed E-state index contributed by atoms with van der Waals surface area (Å²) in [7, 11) is 0.711. The predicted molar refractivity (Wildman–Crippen MR) is 113 cm³/mol. The number of benzene rings is 4. The summed E-state index contributed by atoms with van der Waals surface area (Å²) < 4.78 is 5.12. The minimum Gasteiger partial charge on any atom is -0.537 e. The molecule has 133 valence electrons. The summed E-state index contributed by atoms with van der Waals surface area (Å²) in [6.07, 6.45) is 0. The van der Waals surface area contributed by atoms with E-state index in [4.69, 9.17) is 9.68 Å². The zero-order chi connectivity index (χ0) is 18.9. The Kier molecular flexibility index (Phi) is 4.23. The fourth-order valence-corrected chi connectivity index (χ4v) is 4.20. The van der Waals surface area contributed by atoms with E-state index in [0.29, 0.717) is 13.4 Å². The highest BCUT2D eigenvalue weighted by Gasteiger charge is 2.29. The van der Waals surface area contributed by atoms with Crippen LogP contribution in [0.25, 0.3) is 22.3 Å². The van der Waals surface area contributed by atoms with Crippen molar-refractivity contribution in [3.8, 4) is 28.0 Å². The molecule has 0 bridgehead atoms. The summed E-state index contributed by atoms with van der Waals surface area (Å²) in [5.74, 6) is 0.878. The molecule has 3 heteroatoms. The van der Waals surface area contributed by atoms with Crippen LogP contribution in [-0.2, 0) is 0 Å². The van der Waals surface area contributed by atoms with Crippen molar-refractivity contribution < 1.29 is 9.68 Å². The van der Waals surface area contributed by atoms with Crippen LogP contribution in [0, 0.1) is 0 Å². The van der Waals surface area contributed by atoms with E-state index in [9.17, 15) is 0 Å². The average molecular weight is 361 g/mol. The van der Waals surface area contributed by atoms with Gasteiger partial charge in [-0.15, -0.1) is 0 Å². The van der Waals surface area contributed by atoms with Crippen LogP contribution >= 0.6 is 0 Å². The summed E-state index contributed by atoms with van der Waals surface area (Å²) in [4.78, 5) is 0. The lowest BCUT2D eigenvalue weighted by Crippen LogP contribution is -1.99. The van der Waals surface area contributed by atoms with E-state index in [1.54, 1.807) is 0 Å². The average Bonchev–Trinajstić information content (AvgIpc) is 3.08. The molecule has 1 aliphatic carbocycles. The van der Waals surface area contributed by atoms with E-state index >= 15 is 0 Å². The monoisotopic (exact) mass is 361 g/mol. The molecule has 1 N–H and O–H groups in total. The first-order valence-electron chi connectivity index (χ1n) is 9.36. The number of fused-ring (bicyclic) bond motifs is 3. The molecule has 0 fully saturated rings. The van der Waals surface area contributed by atoms with Crippen LogP contribution in [0.2, 0.25) is 0 Å². The molecule has 0 aromatic heterocycles. The smallest absolute Gasteiger partial charge is 0.537 e. The fraction of sp³-hybridized carbons (Fsp3) is 0.0400. The van der Waals surface area contributed by atoms with Crippen molar-refractivity contribution in [2.24, 2.45) is 0 Å². The Morgan fingerprint density at radius 3 is 2.25 bits per heavy atom. The maximum Gasteiger partial charge on any atom is 0.569 e. The number of hydrogen-bond donors (Lipinski definition) is 1. The van der Waals surface area contributed by atoms with Crippen LogP contribution in [0.1, 0.15) is 22.6 Å². The van der Waals surface area contributed by atoms with Crippen molar-refractivity contribution in [2.75, 3.05) is 0 Å². The van der Waals surface area contributed by atoms with E-state index < -0.39 is 0 Å². The van der Waals surface area contributed by atoms with Gasteiger partial charge in [0.2, 0.25) is 0 Å². The van der Waals surface area contributed by atoms with E-state index in [0.717, 1.165) is 11.1 Å². The minimum atomic E-state index is 0.264. The maximum absolute atomic E-state index is 8.91. The van der Waals surface area contributed by atoms with E-state index in [1.165, 1.54) is 27.8 Å². The molecule has 1 aliphatic rings. The molecular weight excluding hydrogens is 343 g/mol. The lowest BCUT2D eigenvalue weighted by molar-refractivity contribution is 0.454. The summed E-state index contributed by atoms with van der Waals surface area (Å²) in [5, 5.41) is 8.91. The van der Waals surface area contributed by atoms with Crippen LogP contribution in [0.5, 0.6) is 5.75 Å². The fourth-order valence-electron chi connectivity index (χ4n) is 4.20. The highest BCUT2D eigenvalue weighted by molar-refractivity contribution is 6.17. The van der Waals surface area contributed by atoms with Gasteiger partial charge in [0.25, 0.3) is 0 Å². The van der Waals surface area contributed by atoms with Crippen LogP contribution < -0.4 is 4.65 Å². The summed E-state index contributed by atoms with van der Waals surface area (Å²) in [5.41, 5.74) is 8.77. The number of hydrogen-bond acceptors (Lipinski definition) is 2. The van der Waals surface area contributed by atoms with Gasteiger partial charge in [0.15, 0.2) is 0 Å². The molecule has 1 unspecified atom stereocenters. The molecule has 2 nitrogen and oxygen atoms in total. The standard InChI is InChI=1S/C25H18BO2/c27-26-28-20-10-6-9-18(15-20)19-13-14-23-24(16-19)21-11-4-5-12-22(21)25(23)17-7-2-1-3-8-17/h1-16,25,27H. The summed E-state index contributed by atoms with van der Waals surface area (Å²) >= 11 is 0. The highest BCUT2D eigenvalue weighted by atomic mass is 16.5. The van der Waals surface area contributed by atoms with Crippen molar-refractivity contribution >= 4 is 7.69 Å². The van der Waals surface area contributed by atoms with Crippen LogP contribution in [-0.4, -0.2) is 12.7 Å². The minimum absolute atomic E-state index is 0.264. The van der Waals surface area contributed by atoms with Crippen LogP contribution in [0.4, 0.5) is 0 Å². The second-order valence-corrected chi connectivity index (χ2v) is 6.98. The van der Waals surface area contributed by atoms with E-state index in [-0.39, 0.29) is 5.92 Å². The van der Waals surface area contributed by atoms with Crippen LogP contribution in [0.3, 0.4) is 0 Å². The van der Waals surface area contributed by atoms with Crippen LogP contribution in [0.15, 0.2) is 97.1 Å². The zero-order valence-electron chi connectivity index (χ0n) is 15.2. The first-order valence-corrected chi connectivity index (χ1v) is 9.36. The Morgan fingerprint density at radius 2 is 1.39 bits per heavy atom. The predicted octanol–water partition coefficient (Wildman–Crippen LogP) is 5.42. The van der Waals surface area contributed by atoms with Gasteiger partial charge in [-0.3, -0.25) is 0 Å². The van der Waals surface area contributed by atoms with Crippen molar-refractivity contribution in [1.82, 2.24) is 0 Å². The number of rotatable bonds is 4. The van der Waals surface area contributed by atoms with Gasteiger partial charge in [-0.2, -0.15) is 0 Å². The van der Waals surface area contributed by atoms with Gasteiger partial charge in [0, 0.05) is 5.92 Å². The molecule has 28 heavy (non-hydrogen) atoms. The molecular formula is C25H18BO2. The molecule has 0 saturated heterocycles. The molecule has 0 aliphatic heterocycles. The maximum atomic E-state index is 8.91. The Balaban J connectivity index is 1.65. The van der Waals surface area contributed by atoms with Gasteiger partial charge < -0.3 is 9.68 Å². The van der Waals surface area contributed by atoms with Gasteiger partial charge >= 0.3 is 7.69 Å². The van der Waals surface area contributed by atoms with Crippen molar-refractivity contribution in [3.63, 3.8) is 0 Å². The van der Waals surface area contributed by atoms with Crippen molar-refractivity contribution in [3.05, 3.63) is 114 Å². The lowest BCUT2D eigenvalue weighted by atomic mass is 9.89. The quantitative estimate of drug-likeness (QED) is 0.433. The van der Waals surface area contributed by atoms with E-state index in [2.05, 4.69) is 78.9 Å². The third kappa shape index (κ3) is 2.81. The van der Waals surface area contributed by atoms with Crippen molar-refractivity contribution in [2.45, 2.75) is 5.92 Å². The third-order valence-electron chi connectivity index (χ3n) is 5.42. The zero-order valence-corrected chi connectivity index (χ0v) is 15.2. The molecule has 5 rings (SSSR count). The van der Waals surface area contributed by atoms with Gasteiger partial charge in [0.1, 0.15) is 5.75 Å². The molecule has 1 atom stereocenters. The largest absolute Gasteiger partial charge is 0.569 e. The highest BCUT2D eigenvalue weighted by Crippen LogP contribution is 2.48. The second kappa shape index (κ2) is 7.03. The van der Waals surface area contributed by atoms with Gasteiger partial charge in [0.05, 0.1) is 0 Å². The van der Waals surface area contributed by atoms with Gasteiger partial charge in [-0.1, -0.05) is 78.9 Å². The Morgan fingerprint density at radius 1 is 0.643 bits per heavy atom. The summed E-state index contributed by atoms with van der Waals surface area (Å²) in [6.45, 7) is 0. The second-order valence-electron chi connectivity index (χ2n) is 6.98. The molecule has 1 radical (unpaired) electrons. The molecule has 0 saturated carbocycles. The first-order chi connectivity index (χ1) is 13.8. The Labute approximate surface area is 165 Å². The molecule has 0 amide bonds. The SMILES string of the molecule is O[B]Oc1cccc(-c2ccc3c(c2)-c2ccccc2C3c2ccccc2)c1. The van der Waals surface area contributed by atoms with Gasteiger partial charge in [-0.25, -0.2) is 0 Å². The van der Waals surface area contributed by atoms with Crippen molar-refractivity contribution in [1.29, 1.82) is 0 Å². The van der Waals surface area contributed by atoms with Gasteiger partial charge in [-0.05, 0) is 57.1 Å². The molecule has 0 heterocycles. The topological polar surface area (TPSA) is 29.5 Å². The lowest BCUT2D eigenvalue weighted by Gasteiger charge is -2.14. The normalized spacial score (nSPS) is 14.2. The van der Waals surface area contributed by atoms with E-state index in [1.807, 2.05) is 18.2 Å². The molecule has 4 aromatic rings. The third-order valence-corrected chi connectivity index (χ3v) is 5.42. The Bertz CT molecular complexity index is 1140. The molecule has 0 spiro atoms. The summed E-state index contributed by atoms with van der Waals surface area (Å²) in [6, 6.07) is 33.8. The molecule has 4 aromatic carbocycles.